The van der Waals surface area contributed by atoms with E-state index in [2.05, 4.69) is 24.4 Å². The van der Waals surface area contributed by atoms with E-state index in [1.54, 1.807) is 0 Å². The summed E-state index contributed by atoms with van der Waals surface area (Å²) in [6.07, 6.45) is 2.73. The summed E-state index contributed by atoms with van der Waals surface area (Å²) in [5.74, 6) is 1.79. The van der Waals surface area contributed by atoms with Gasteiger partial charge in [-0.2, -0.15) is 25.3 Å². The fourth-order valence-corrected chi connectivity index (χ4v) is 5.58. The monoisotopic (exact) mass is 190 g/mol. The molecule has 0 nitrogen and oxygen atoms in total. The van der Waals surface area contributed by atoms with Crippen molar-refractivity contribution < 1.29 is 0 Å². The Hall–Kier alpha value is 1.05. The average Bonchev–Trinajstić information content (AvgIpc) is 2.30. The Kier molecular flexibility index (Phi) is 1.11. The molecule has 10 heavy (non-hydrogen) atoms. The molecule has 0 aromatic heterocycles. The maximum atomic E-state index is 4.70. The minimum Gasteiger partial charge on any atom is -0.176 e. The van der Waals surface area contributed by atoms with E-state index in [9.17, 15) is 0 Å². The summed E-state index contributed by atoms with van der Waals surface area (Å²) in [6.45, 7) is 0. The van der Waals surface area contributed by atoms with Gasteiger partial charge in [-0.1, -0.05) is 0 Å². The lowest BCUT2D eigenvalue weighted by Crippen LogP contribution is -2.22. The van der Waals surface area contributed by atoms with Crippen molar-refractivity contribution in [3.05, 3.63) is 0 Å². The summed E-state index contributed by atoms with van der Waals surface area (Å²) < 4.78 is 0.421. The topological polar surface area (TPSA) is 0 Å². The van der Waals surface area contributed by atoms with Gasteiger partial charge < -0.3 is 0 Å². The third-order valence-electron chi connectivity index (χ3n) is 3.22. The molecule has 0 spiro atoms. The molecule has 1 saturated heterocycles. The number of fused-ring (bicyclic) bond motifs is 5. The van der Waals surface area contributed by atoms with E-state index in [0.29, 0.717) is 9.33 Å². The van der Waals surface area contributed by atoms with Crippen LogP contribution in [0, 0.1) is 11.8 Å². The predicted octanol–water partition coefficient (Wildman–Crippen LogP) is 2.07. The zero-order chi connectivity index (χ0) is 6.93. The first kappa shape index (κ1) is 6.55. The van der Waals surface area contributed by atoms with Crippen molar-refractivity contribution in [2.24, 2.45) is 11.8 Å². The number of thioether (sulfide) groups is 1. The van der Waals surface area contributed by atoms with Gasteiger partial charge >= 0.3 is 0 Å². The third-order valence-corrected chi connectivity index (χ3v) is 6.63. The van der Waals surface area contributed by atoms with Gasteiger partial charge in [-0.3, -0.25) is 0 Å². The molecule has 0 aromatic rings. The summed E-state index contributed by atoms with van der Waals surface area (Å²) in [6, 6.07) is 0. The van der Waals surface area contributed by atoms with Gasteiger partial charge in [-0.05, 0) is 24.7 Å². The molecule has 56 valence electrons. The minimum absolute atomic E-state index is 0.421. The van der Waals surface area contributed by atoms with E-state index in [1.807, 2.05) is 0 Å². The Labute approximate surface area is 76.3 Å². The van der Waals surface area contributed by atoms with E-state index in [-0.39, 0.29) is 0 Å². The summed E-state index contributed by atoms with van der Waals surface area (Å²) in [4.78, 5) is 0. The molecule has 0 radical (unpaired) electrons. The molecule has 5 unspecified atom stereocenters. The van der Waals surface area contributed by atoms with Crippen LogP contribution < -0.4 is 0 Å². The fourth-order valence-electron chi connectivity index (χ4n) is 2.60. The highest BCUT2D eigenvalue weighted by atomic mass is 32.2. The van der Waals surface area contributed by atoms with Gasteiger partial charge in [0.15, 0.2) is 0 Å². The van der Waals surface area contributed by atoms with Crippen LogP contribution in [0.2, 0.25) is 0 Å². The van der Waals surface area contributed by atoms with Crippen molar-refractivity contribution in [3.8, 4) is 0 Å². The molecule has 3 rings (SSSR count). The second-order valence-corrected chi connectivity index (χ2v) is 6.81. The highest BCUT2D eigenvalue weighted by Gasteiger charge is 2.70. The van der Waals surface area contributed by atoms with Gasteiger partial charge in [0, 0.05) is 10.5 Å². The van der Waals surface area contributed by atoms with Gasteiger partial charge in [0.1, 0.15) is 0 Å². The molecule has 0 aromatic carbocycles. The largest absolute Gasteiger partial charge is 0.176 e. The van der Waals surface area contributed by atoms with E-state index in [0.717, 1.165) is 17.1 Å². The van der Waals surface area contributed by atoms with Crippen molar-refractivity contribution in [1.29, 1.82) is 0 Å². The first-order valence-corrected chi connectivity index (χ1v) is 5.64. The zero-order valence-electron chi connectivity index (χ0n) is 5.53. The van der Waals surface area contributed by atoms with Crippen LogP contribution in [0.25, 0.3) is 0 Å². The third kappa shape index (κ3) is 0.571. The first-order chi connectivity index (χ1) is 4.72. The van der Waals surface area contributed by atoms with Gasteiger partial charge in [0.25, 0.3) is 0 Å². The highest BCUT2D eigenvalue weighted by molar-refractivity contribution is 8.20. The van der Waals surface area contributed by atoms with E-state index >= 15 is 0 Å². The summed E-state index contributed by atoms with van der Waals surface area (Å²) in [7, 11) is 0. The normalized spacial score (nSPS) is 70.2. The number of hydrogen-bond donors (Lipinski definition) is 2. The Bertz CT molecular complexity index is 191. The lowest BCUT2D eigenvalue weighted by Gasteiger charge is -2.18. The Morgan fingerprint density at radius 2 is 2.20 bits per heavy atom. The second-order valence-electron chi connectivity index (χ2n) is 3.69. The summed E-state index contributed by atoms with van der Waals surface area (Å²) >= 11 is 11.4. The van der Waals surface area contributed by atoms with Crippen molar-refractivity contribution in [3.63, 3.8) is 0 Å². The van der Waals surface area contributed by atoms with Crippen molar-refractivity contribution >= 4 is 37.0 Å². The second kappa shape index (κ2) is 1.69. The molecule has 5 atom stereocenters. The van der Waals surface area contributed by atoms with Gasteiger partial charge in [-0.15, -0.1) is 11.8 Å². The molecule has 1 aliphatic heterocycles. The van der Waals surface area contributed by atoms with Crippen molar-refractivity contribution in [1.82, 2.24) is 0 Å². The SMILES string of the molecule is SC1CC2CC1C1SC21S. The molecule has 2 aliphatic carbocycles. The summed E-state index contributed by atoms with van der Waals surface area (Å²) in [5, 5.41) is 1.57. The van der Waals surface area contributed by atoms with Crippen LogP contribution in [0.3, 0.4) is 0 Å². The standard InChI is InChI=1S/C7H10S3/c8-5-2-3-1-4(5)6-7(3,9)10-6/h3-6,8-9H,1-2H2. The maximum Gasteiger partial charge on any atom is 0.0735 e. The van der Waals surface area contributed by atoms with Crippen molar-refractivity contribution in [2.75, 3.05) is 0 Å². The Balaban J connectivity index is 1.98. The molecule has 3 heteroatoms. The minimum atomic E-state index is 0.421. The summed E-state index contributed by atoms with van der Waals surface area (Å²) in [5.41, 5.74) is 0. The van der Waals surface area contributed by atoms with E-state index in [1.165, 1.54) is 12.8 Å². The van der Waals surface area contributed by atoms with E-state index < -0.39 is 0 Å². The molecular weight excluding hydrogens is 180 g/mol. The highest BCUT2D eigenvalue weighted by Crippen LogP contribution is 2.76. The van der Waals surface area contributed by atoms with Crippen LogP contribution >= 0.6 is 37.0 Å². The maximum absolute atomic E-state index is 4.70. The molecule has 0 N–H and O–H groups in total. The lowest BCUT2D eigenvalue weighted by molar-refractivity contribution is 0.540. The molecular formula is C7H10S3. The molecule has 2 bridgehead atoms. The fraction of sp³-hybridized carbons (Fsp3) is 1.00. The van der Waals surface area contributed by atoms with Crippen LogP contribution in [0.4, 0.5) is 0 Å². The van der Waals surface area contributed by atoms with Gasteiger partial charge in [0.05, 0.1) is 4.08 Å². The Morgan fingerprint density at radius 1 is 1.40 bits per heavy atom. The molecule has 3 fully saturated rings. The molecule has 0 amide bonds. The van der Waals surface area contributed by atoms with Gasteiger partial charge in [0.2, 0.25) is 0 Å². The lowest BCUT2D eigenvalue weighted by atomic mass is 10.00. The quantitative estimate of drug-likeness (QED) is 0.435. The number of rotatable bonds is 0. The molecule has 1 heterocycles. The van der Waals surface area contributed by atoms with Gasteiger partial charge in [-0.25, -0.2) is 0 Å². The average molecular weight is 190 g/mol. The van der Waals surface area contributed by atoms with Crippen LogP contribution in [0.1, 0.15) is 12.8 Å². The van der Waals surface area contributed by atoms with Crippen LogP contribution in [0.15, 0.2) is 0 Å². The van der Waals surface area contributed by atoms with Crippen LogP contribution in [-0.4, -0.2) is 14.6 Å². The first-order valence-electron chi connectivity index (χ1n) is 3.80. The molecule has 3 aliphatic rings. The van der Waals surface area contributed by atoms with Crippen LogP contribution in [0.5, 0.6) is 0 Å². The van der Waals surface area contributed by atoms with Crippen molar-refractivity contribution in [2.45, 2.75) is 27.4 Å². The zero-order valence-corrected chi connectivity index (χ0v) is 8.13. The number of thiol groups is 2. The Morgan fingerprint density at radius 3 is 2.70 bits per heavy atom. The predicted molar refractivity (Wildman–Crippen MR) is 52.1 cm³/mol. The molecule has 2 saturated carbocycles. The van der Waals surface area contributed by atoms with E-state index in [4.69, 9.17) is 12.6 Å². The smallest absolute Gasteiger partial charge is 0.0735 e. The number of hydrogen-bond acceptors (Lipinski definition) is 3. The van der Waals surface area contributed by atoms with Crippen LogP contribution in [-0.2, 0) is 0 Å².